The van der Waals surface area contributed by atoms with E-state index in [-0.39, 0.29) is 39.0 Å². The van der Waals surface area contributed by atoms with E-state index >= 15 is 0 Å². The number of hydrogen-bond donors (Lipinski definition) is 2. The molecule has 0 bridgehead atoms. The van der Waals surface area contributed by atoms with Crippen molar-refractivity contribution in [3.05, 3.63) is 126 Å². The number of rotatable bonds is 11. The van der Waals surface area contributed by atoms with Crippen LogP contribution in [0.1, 0.15) is 26.3 Å². The predicted octanol–water partition coefficient (Wildman–Crippen LogP) is 4.69. The largest absolute Gasteiger partial charge is 0.491 e. The number of hydrogen-bond acceptors (Lipinski definition) is 8. The molecular weight excluding hydrogens is 500 g/mol. The Hall–Kier alpha value is -4.66. The number of para-hydroxylation sites is 1. The molecule has 4 rings (SSSR count). The van der Waals surface area contributed by atoms with E-state index in [1.54, 1.807) is 72.8 Å². The topological polar surface area (TPSA) is 112 Å². The average molecular weight is 531 g/mol. The molecule has 0 unspecified atom stereocenters. The van der Waals surface area contributed by atoms with Crippen LogP contribution in [-0.4, -0.2) is 48.6 Å². The molecule has 8 nitrogen and oxygen atoms in total. The standard InChI is InChI=1S/C16H16O4.C15H14O4/c17-10-11-19-15-8-6-14(7-9-15)16(18)20-12-13-4-2-1-3-5-13;16-10-11-18-13-8-6-12(7-9-13)15(17)19-14-4-2-1-3-5-14/h1-9,17H,10-12H2;1-9,16H,10-11H2. The van der Waals surface area contributed by atoms with E-state index in [1.165, 1.54) is 0 Å². The molecule has 8 heteroatoms. The van der Waals surface area contributed by atoms with Crippen LogP contribution in [-0.2, 0) is 11.3 Å². The first-order valence-corrected chi connectivity index (χ1v) is 12.2. The van der Waals surface area contributed by atoms with Crippen LogP contribution >= 0.6 is 0 Å². The van der Waals surface area contributed by atoms with E-state index in [9.17, 15) is 9.59 Å². The maximum Gasteiger partial charge on any atom is 0.343 e. The molecule has 39 heavy (non-hydrogen) atoms. The van der Waals surface area contributed by atoms with Gasteiger partial charge in [-0.05, 0) is 66.2 Å². The van der Waals surface area contributed by atoms with Gasteiger partial charge in [0.1, 0.15) is 37.1 Å². The number of aliphatic hydroxyl groups is 2. The molecule has 2 N–H and O–H groups in total. The Morgan fingerprint density at radius 3 is 1.49 bits per heavy atom. The second-order valence-corrected chi connectivity index (χ2v) is 7.96. The molecule has 0 radical (unpaired) electrons. The number of benzene rings is 4. The van der Waals surface area contributed by atoms with Crippen LogP contribution in [0.15, 0.2) is 109 Å². The van der Waals surface area contributed by atoms with E-state index in [0.29, 0.717) is 28.4 Å². The molecule has 202 valence electrons. The molecule has 0 aliphatic carbocycles. The summed E-state index contributed by atoms with van der Waals surface area (Å²) in [6, 6.07) is 31.6. The number of carbonyl (C=O) groups excluding carboxylic acids is 2. The Balaban J connectivity index is 0.000000216. The van der Waals surface area contributed by atoms with Gasteiger partial charge in [-0.25, -0.2) is 9.59 Å². The Kier molecular flexibility index (Phi) is 12.0. The molecule has 0 atom stereocenters. The third kappa shape index (κ3) is 10.3. The van der Waals surface area contributed by atoms with Crippen LogP contribution in [0.3, 0.4) is 0 Å². The van der Waals surface area contributed by atoms with Crippen molar-refractivity contribution in [1.29, 1.82) is 0 Å². The summed E-state index contributed by atoms with van der Waals surface area (Å²) >= 11 is 0. The lowest BCUT2D eigenvalue weighted by atomic mass is 10.2. The fourth-order valence-corrected chi connectivity index (χ4v) is 3.16. The summed E-state index contributed by atoms with van der Waals surface area (Å²) in [5, 5.41) is 17.3. The molecule has 4 aromatic carbocycles. The fourth-order valence-electron chi connectivity index (χ4n) is 3.16. The van der Waals surface area contributed by atoms with Crippen LogP contribution < -0.4 is 14.2 Å². The maximum atomic E-state index is 11.8. The van der Waals surface area contributed by atoms with Crippen molar-refractivity contribution in [3.63, 3.8) is 0 Å². The van der Waals surface area contributed by atoms with E-state index in [0.717, 1.165) is 5.56 Å². The molecule has 0 fully saturated rings. The molecule has 0 saturated heterocycles. The minimum atomic E-state index is -0.417. The highest BCUT2D eigenvalue weighted by atomic mass is 16.5. The molecule has 4 aromatic rings. The Morgan fingerprint density at radius 2 is 1.00 bits per heavy atom. The van der Waals surface area contributed by atoms with E-state index in [4.69, 9.17) is 29.2 Å². The van der Waals surface area contributed by atoms with Crippen molar-refractivity contribution in [1.82, 2.24) is 0 Å². The van der Waals surface area contributed by atoms with Gasteiger partial charge in [0.2, 0.25) is 0 Å². The van der Waals surface area contributed by atoms with Crippen LogP contribution in [0.5, 0.6) is 17.2 Å². The molecule has 0 aromatic heterocycles. The van der Waals surface area contributed by atoms with Crippen LogP contribution in [0, 0.1) is 0 Å². The van der Waals surface area contributed by atoms with Crippen molar-refractivity contribution in [2.45, 2.75) is 6.61 Å². The number of aliphatic hydroxyl groups excluding tert-OH is 2. The quantitative estimate of drug-likeness (QED) is 0.212. The van der Waals surface area contributed by atoms with Gasteiger partial charge in [-0.15, -0.1) is 0 Å². The smallest absolute Gasteiger partial charge is 0.343 e. The molecule has 0 heterocycles. The van der Waals surface area contributed by atoms with Gasteiger partial charge in [0.15, 0.2) is 0 Å². The van der Waals surface area contributed by atoms with Crippen molar-refractivity contribution in [2.24, 2.45) is 0 Å². The summed E-state index contributed by atoms with van der Waals surface area (Å²) in [6.07, 6.45) is 0. The molecule has 0 saturated carbocycles. The third-order valence-corrected chi connectivity index (χ3v) is 5.07. The summed E-state index contributed by atoms with van der Waals surface area (Å²) in [7, 11) is 0. The van der Waals surface area contributed by atoms with Gasteiger partial charge < -0.3 is 29.2 Å². The van der Waals surface area contributed by atoms with E-state index in [2.05, 4.69) is 0 Å². The monoisotopic (exact) mass is 530 g/mol. The highest BCUT2D eigenvalue weighted by Crippen LogP contribution is 2.16. The second-order valence-electron chi connectivity index (χ2n) is 7.96. The van der Waals surface area contributed by atoms with E-state index < -0.39 is 5.97 Å². The van der Waals surface area contributed by atoms with Gasteiger partial charge in [0, 0.05) is 0 Å². The average Bonchev–Trinajstić information content (AvgIpc) is 2.99. The molecule has 0 aliphatic rings. The summed E-state index contributed by atoms with van der Waals surface area (Å²) in [5.74, 6) is 0.930. The minimum Gasteiger partial charge on any atom is -0.491 e. The van der Waals surface area contributed by atoms with Crippen LogP contribution in [0.25, 0.3) is 0 Å². The van der Waals surface area contributed by atoms with Gasteiger partial charge in [-0.1, -0.05) is 48.5 Å². The molecular formula is C31H30O8. The zero-order chi connectivity index (χ0) is 27.7. The second kappa shape index (κ2) is 16.2. The number of esters is 2. The third-order valence-electron chi connectivity index (χ3n) is 5.07. The lowest BCUT2D eigenvalue weighted by Crippen LogP contribution is -2.08. The summed E-state index contributed by atoms with van der Waals surface area (Å²) < 4.78 is 20.8. The first-order chi connectivity index (χ1) is 19.1. The van der Waals surface area contributed by atoms with Gasteiger partial charge >= 0.3 is 11.9 Å². The first kappa shape index (κ1) is 28.9. The van der Waals surface area contributed by atoms with Crippen LogP contribution in [0.2, 0.25) is 0 Å². The highest BCUT2D eigenvalue weighted by Gasteiger charge is 2.09. The molecule has 0 spiro atoms. The Bertz CT molecular complexity index is 1260. The van der Waals surface area contributed by atoms with Gasteiger partial charge in [0.25, 0.3) is 0 Å². The summed E-state index contributed by atoms with van der Waals surface area (Å²) in [6.45, 7) is 0.632. The van der Waals surface area contributed by atoms with Gasteiger partial charge in [-0.3, -0.25) is 0 Å². The maximum absolute atomic E-state index is 11.8. The van der Waals surface area contributed by atoms with Crippen LogP contribution in [0.4, 0.5) is 0 Å². The first-order valence-electron chi connectivity index (χ1n) is 12.2. The highest BCUT2D eigenvalue weighted by molar-refractivity contribution is 5.91. The lowest BCUT2D eigenvalue weighted by molar-refractivity contribution is 0.0472. The minimum absolute atomic E-state index is 0.0408. The number of carbonyl (C=O) groups is 2. The molecule has 0 amide bonds. The normalized spacial score (nSPS) is 10.0. The lowest BCUT2D eigenvalue weighted by Gasteiger charge is -2.07. The zero-order valence-electron chi connectivity index (χ0n) is 21.3. The predicted molar refractivity (Wildman–Crippen MR) is 145 cm³/mol. The van der Waals surface area contributed by atoms with Crippen molar-refractivity contribution in [3.8, 4) is 17.2 Å². The van der Waals surface area contributed by atoms with Gasteiger partial charge in [-0.2, -0.15) is 0 Å². The Labute approximate surface area is 227 Å². The Morgan fingerprint density at radius 1 is 0.538 bits per heavy atom. The number of ether oxygens (including phenoxy) is 4. The summed E-state index contributed by atoms with van der Waals surface area (Å²) in [4.78, 5) is 23.7. The zero-order valence-corrected chi connectivity index (χ0v) is 21.3. The fraction of sp³-hybridized carbons (Fsp3) is 0.161. The SMILES string of the molecule is O=C(OCc1ccccc1)c1ccc(OCCO)cc1.O=C(Oc1ccccc1)c1ccc(OCCO)cc1. The van der Waals surface area contributed by atoms with Gasteiger partial charge in [0.05, 0.1) is 24.3 Å². The van der Waals surface area contributed by atoms with Crippen molar-refractivity contribution >= 4 is 11.9 Å². The van der Waals surface area contributed by atoms with Crippen molar-refractivity contribution < 1.29 is 38.7 Å². The van der Waals surface area contributed by atoms with E-state index in [1.807, 2.05) is 36.4 Å². The van der Waals surface area contributed by atoms with Crippen molar-refractivity contribution in [2.75, 3.05) is 26.4 Å². The summed E-state index contributed by atoms with van der Waals surface area (Å²) in [5.41, 5.74) is 1.86. The molecule has 0 aliphatic heterocycles.